The predicted molar refractivity (Wildman–Crippen MR) is 103 cm³/mol. The first-order valence-corrected chi connectivity index (χ1v) is 9.20. The first-order valence-electron chi connectivity index (χ1n) is 9.20. The number of carbonyl (C=O) groups is 1. The van der Waals surface area contributed by atoms with Crippen LogP contribution in [0.5, 0.6) is 5.75 Å². The lowest BCUT2D eigenvalue weighted by atomic mass is 9.87. The van der Waals surface area contributed by atoms with E-state index in [1.165, 1.54) is 31.8 Å². The zero-order chi connectivity index (χ0) is 18.4. The second-order valence-corrected chi connectivity index (χ2v) is 7.49. The van der Waals surface area contributed by atoms with Crippen molar-refractivity contribution in [3.8, 4) is 5.75 Å². The highest BCUT2D eigenvalue weighted by Gasteiger charge is 2.19. The second kappa shape index (κ2) is 8.48. The molecule has 0 amide bonds. The van der Waals surface area contributed by atoms with Gasteiger partial charge in [-0.2, -0.15) is 0 Å². The quantitative estimate of drug-likeness (QED) is 0.592. The Kier molecular flexibility index (Phi) is 6.60. The van der Waals surface area contributed by atoms with Crippen LogP contribution in [-0.2, 0) is 4.79 Å². The average molecular weight is 342 g/mol. The van der Waals surface area contributed by atoms with E-state index in [2.05, 4.69) is 6.08 Å². The Morgan fingerprint density at radius 3 is 2.60 bits per heavy atom. The van der Waals surface area contributed by atoms with Gasteiger partial charge >= 0.3 is 5.97 Å². The van der Waals surface area contributed by atoms with Crippen LogP contribution >= 0.6 is 0 Å². The molecule has 25 heavy (non-hydrogen) atoms. The van der Waals surface area contributed by atoms with E-state index in [-0.39, 0.29) is 5.97 Å². The van der Waals surface area contributed by atoms with Crippen LogP contribution in [0.3, 0.4) is 0 Å². The molecule has 0 bridgehead atoms. The number of rotatable bonds is 4. The van der Waals surface area contributed by atoms with Crippen LogP contribution in [0.25, 0.3) is 5.57 Å². The van der Waals surface area contributed by atoms with Crippen LogP contribution in [0.1, 0.15) is 70.4 Å². The Labute approximate surface area is 151 Å². The van der Waals surface area contributed by atoms with Crippen molar-refractivity contribution in [3.05, 3.63) is 47.1 Å². The molecule has 2 rings (SSSR count). The molecule has 0 spiro atoms. The fourth-order valence-electron chi connectivity index (χ4n) is 3.23. The van der Waals surface area contributed by atoms with Gasteiger partial charge in [-0.3, -0.25) is 4.79 Å². The second-order valence-electron chi connectivity index (χ2n) is 7.49. The molecule has 0 saturated heterocycles. The monoisotopic (exact) mass is 342 g/mol. The van der Waals surface area contributed by atoms with Crippen molar-refractivity contribution >= 4 is 11.5 Å². The molecule has 1 aliphatic carbocycles. The maximum absolute atomic E-state index is 11.5. The smallest absolute Gasteiger partial charge is 0.308 e. The number of allylic oxidation sites excluding steroid dienone is 3. The summed E-state index contributed by atoms with van der Waals surface area (Å²) >= 11 is 0. The molecule has 1 aliphatic rings. The number of aliphatic hydroxyl groups is 1. The van der Waals surface area contributed by atoms with Gasteiger partial charge in [-0.15, -0.1) is 0 Å². The van der Waals surface area contributed by atoms with E-state index in [1.54, 1.807) is 13.8 Å². The number of carbonyl (C=O) groups excluding carboxylic acids is 1. The molecule has 0 heterocycles. The average Bonchev–Trinajstić information content (AvgIpc) is 2.45. The molecular weight excluding hydrogens is 312 g/mol. The highest BCUT2D eigenvalue weighted by molar-refractivity contribution is 5.84. The molecule has 0 atom stereocenters. The summed E-state index contributed by atoms with van der Waals surface area (Å²) in [5.74, 6) is 0.218. The summed E-state index contributed by atoms with van der Waals surface area (Å²) in [4.78, 5) is 11.5. The molecule has 136 valence electrons. The predicted octanol–water partition coefficient (Wildman–Crippen LogP) is 5.36. The molecule has 1 aromatic rings. The van der Waals surface area contributed by atoms with Gasteiger partial charge in [0.1, 0.15) is 5.75 Å². The topological polar surface area (TPSA) is 46.5 Å². The Morgan fingerprint density at radius 1 is 1.20 bits per heavy atom. The van der Waals surface area contributed by atoms with E-state index < -0.39 is 5.60 Å². The van der Waals surface area contributed by atoms with Gasteiger partial charge in [0.2, 0.25) is 0 Å². The molecule has 0 radical (unpaired) electrons. The number of esters is 1. The van der Waals surface area contributed by atoms with Crippen LogP contribution in [0, 0.1) is 6.92 Å². The summed E-state index contributed by atoms with van der Waals surface area (Å²) in [6.07, 6.45) is 11.1. The van der Waals surface area contributed by atoms with Gasteiger partial charge in [-0.1, -0.05) is 30.5 Å². The summed E-state index contributed by atoms with van der Waals surface area (Å²) in [7, 11) is 0. The zero-order valence-electron chi connectivity index (χ0n) is 15.9. The maximum Gasteiger partial charge on any atom is 0.308 e. The lowest BCUT2D eigenvalue weighted by Crippen LogP contribution is -2.16. The highest BCUT2D eigenvalue weighted by Crippen LogP contribution is 2.37. The summed E-state index contributed by atoms with van der Waals surface area (Å²) < 4.78 is 5.45. The molecule has 0 aromatic heterocycles. The Balaban J connectivity index is 2.58. The van der Waals surface area contributed by atoms with Gasteiger partial charge in [0, 0.05) is 12.5 Å². The third-order valence-corrected chi connectivity index (χ3v) is 4.31. The van der Waals surface area contributed by atoms with Crippen LogP contribution in [0.4, 0.5) is 0 Å². The van der Waals surface area contributed by atoms with Crippen LogP contribution < -0.4 is 4.74 Å². The molecule has 0 fully saturated rings. The van der Waals surface area contributed by atoms with Crippen LogP contribution in [0.15, 0.2) is 35.9 Å². The Bertz CT molecular complexity index is 675. The van der Waals surface area contributed by atoms with Gasteiger partial charge in [0.15, 0.2) is 0 Å². The van der Waals surface area contributed by atoms with Crippen molar-refractivity contribution in [1.82, 2.24) is 0 Å². The normalized spacial score (nSPS) is 18.8. The molecule has 0 saturated carbocycles. The molecule has 3 heteroatoms. The largest absolute Gasteiger partial charge is 0.426 e. The molecule has 3 nitrogen and oxygen atoms in total. The van der Waals surface area contributed by atoms with Crippen molar-refractivity contribution in [3.63, 3.8) is 0 Å². The van der Waals surface area contributed by atoms with E-state index in [0.29, 0.717) is 5.75 Å². The number of ether oxygens (including phenoxy) is 1. The fourth-order valence-corrected chi connectivity index (χ4v) is 3.23. The Morgan fingerprint density at radius 2 is 1.92 bits per heavy atom. The summed E-state index contributed by atoms with van der Waals surface area (Å²) in [6, 6.07) is 5.82. The van der Waals surface area contributed by atoms with Gasteiger partial charge in [-0.05, 0) is 75.8 Å². The molecule has 0 unspecified atom stereocenters. The molecule has 1 aromatic carbocycles. The van der Waals surface area contributed by atoms with Crippen molar-refractivity contribution < 1.29 is 14.6 Å². The third-order valence-electron chi connectivity index (χ3n) is 4.31. The SMILES string of the molecule is CC(=O)Oc1ccc(C)cc1C(=C\C(C)(C)O)/C1=C/CCCCCC1. The summed E-state index contributed by atoms with van der Waals surface area (Å²) in [5, 5.41) is 10.4. The number of hydrogen-bond donors (Lipinski definition) is 1. The van der Waals surface area contributed by atoms with Gasteiger partial charge in [0.05, 0.1) is 5.60 Å². The zero-order valence-corrected chi connectivity index (χ0v) is 15.9. The minimum absolute atomic E-state index is 0.334. The minimum atomic E-state index is -0.949. The first-order chi connectivity index (χ1) is 11.8. The van der Waals surface area contributed by atoms with E-state index >= 15 is 0 Å². The minimum Gasteiger partial charge on any atom is -0.426 e. The van der Waals surface area contributed by atoms with Crippen molar-refractivity contribution in [1.29, 1.82) is 0 Å². The first kappa shape index (κ1) is 19.5. The van der Waals surface area contributed by atoms with Gasteiger partial charge in [-0.25, -0.2) is 0 Å². The third kappa shape index (κ3) is 6.17. The van der Waals surface area contributed by atoms with Crippen molar-refractivity contribution in [2.24, 2.45) is 0 Å². The van der Waals surface area contributed by atoms with Gasteiger partial charge < -0.3 is 9.84 Å². The lowest BCUT2D eigenvalue weighted by Gasteiger charge is -2.22. The van der Waals surface area contributed by atoms with E-state index in [1.807, 2.05) is 31.2 Å². The lowest BCUT2D eigenvalue weighted by molar-refractivity contribution is -0.131. The van der Waals surface area contributed by atoms with Crippen LogP contribution in [-0.4, -0.2) is 16.7 Å². The van der Waals surface area contributed by atoms with E-state index in [9.17, 15) is 9.90 Å². The van der Waals surface area contributed by atoms with Crippen molar-refractivity contribution in [2.45, 2.75) is 71.8 Å². The van der Waals surface area contributed by atoms with Crippen LogP contribution in [0.2, 0.25) is 0 Å². The number of aryl methyl sites for hydroxylation is 1. The van der Waals surface area contributed by atoms with Gasteiger partial charge in [0.25, 0.3) is 0 Å². The number of benzene rings is 1. The molecule has 1 N–H and O–H groups in total. The van der Waals surface area contributed by atoms with E-state index in [0.717, 1.165) is 36.0 Å². The molecule has 0 aliphatic heterocycles. The Hall–Kier alpha value is -1.87. The highest BCUT2D eigenvalue weighted by atomic mass is 16.5. The summed E-state index contributed by atoms with van der Waals surface area (Å²) in [6.45, 7) is 6.99. The maximum atomic E-state index is 11.5. The molecular formula is C22H30O3. The number of hydrogen-bond acceptors (Lipinski definition) is 3. The van der Waals surface area contributed by atoms with Crippen molar-refractivity contribution in [2.75, 3.05) is 0 Å². The van der Waals surface area contributed by atoms with E-state index in [4.69, 9.17) is 4.74 Å². The summed E-state index contributed by atoms with van der Waals surface area (Å²) in [5.41, 5.74) is 3.24. The standard InChI is InChI=1S/C22H30O3/c1-16-12-13-21(25-17(2)23)19(14-16)20(15-22(3,4)24)18-10-8-6-5-7-9-11-18/h10,12-15,24H,5-9,11H2,1-4H3/b18-10+,20-15-. The fraction of sp³-hybridized carbons (Fsp3) is 0.500.